The minimum atomic E-state index is -0.349. The zero-order chi connectivity index (χ0) is 16.3. The Kier molecular flexibility index (Phi) is 5.10. The zero-order valence-electron chi connectivity index (χ0n) is 13.1. The number of nitro groups is 1. The van der Waals surface area contributed by atoms with Crippen molar-refractivity contribution in [2.24, 2.45) is 0 Å². The van der Waals surface area contributed by atoms with E-state index in [9.17, 15) is 10.1 Å². The molecule has 0 bridgehead atoms. The largest absolute Gasteiger partial charge is 0.375 e. The van der Waals surface area contributed by atoms with Gasteiger partial charge in [-0.05, 0) is 19.4 Å². The van der Waals surface area contributed by atoms with E-state index in [4.69, 9.17) is 4.74 Å². The molecule has 6 nitrogen and oxygen atoms in total. The summed E-state index contributed by atoms with van der Waals surface area (Å²) < 4.78 is 5.25. The Bertz CT molecular complexity index is 672. The summed E-state index contributed by atoms with van der Waals surface area (Å²) in [5.41, 5.74) is 2.49. The van der Waals surface area contributed by atoms with Gasteiger partial charge in [0.05, 0.1) is 17.2 Å². The first-order valence-electron chi connectivity index (χ1n) is 6.86. The van der Waals surface area contributed by atoms with Crippen LogP contribution in [0.3, 0.4) is 0 Å². The van der Waals surface area contributed by atoms with Gasteiger partial charge >= 0.3 is 0 Å². The predicted octanol–water partition coefficient (Wildman–Crippen LogP) is 3.70. The number of nitrogens with zero attached hydrogens (tertiary/aromatic N) is 3. The van der Waals surface area contributed by atoms with Gasteiger partial charge in [-0.3, -0.25) is 10.1 Å². The molecule has 1 heterocycles. The fourth-order valence-corrected chi connectivity index (χ4v) is 3.13. The lowest BCUT2D eigenvalue weighted by Crippen LogP contribution is -2.19. The lowest BCUT2D eigenvalue weighted by atomic mass is 10.1. The lowest BCUT2D eigenvalue weighted by molar-refractivity contribution is -0.384. The summed E-state index contributed by atoms with van der Waals surface area (Å²) in [4.78, 5) is 17.3. The van der Waals surface area contributed by atoms with Crippen LogP contribution in [0.1, 0.15) is 29.3 Å². The van der Waals surface area contributed by atoms with Gasteiger partial charge in [-0.2, -0.15) is 0 Å². The fourth-order valence-electron chi connectivity index (χ4n) is 2.29. The van der Waals surface area contributed by atoms with Crippen molar-refractivity contribution in [2.75, 3.05) is 19.1 Å². The van der Waals surface area contributed by atoms with Crippen LogP contribution in [0.4, 0.5) is 11.4 Å². The summed E-state index contributed by atoms with van der Waals surface area (Å²) in [6.45, 7) is 4.33. The van der Waals surface area contributed by atoms with Crippen molar-refractivity contribution in [1.82, 2.24) is 4.98 Å². The summed E-state index contributed by atoms with van der Waals surface area (Å²) in [5, 5.41) is 14.1. The summed E-state index contributed by atoms with van der Waals surface area (Å²) >= 11 is 1.54. The molecule has 0 N–H and O–H groups in total. The van der Waals surface area contributed by atoms with Crippen molar-refractivity contribution < 1.29 is 9.66 Å². The molecule has 0 saturated heterocycles. The standard InChI is InChI=1S/C15H19N3O3S/c1-10-6-5-7-13(18(19)20)14(10)17(3)8-12-9-22-15(16-12)11(2)21-4/h5-7,9,11H,8H2,1-4H3. The van der Waals surface area contributed by atoms with Crippen molar-refractivity contribution in [1.29, 1.82) is 0 Å². The molecule has 0 radical (unpaired) electrons. The van der Waals surface area contributed by atoms with Crippen molar-refractivity contribution >= 4 is 22.7 Å². The van der Waals surface area contributed by atoms with E-state index in [2.05, 4.69) is 4.98 Å². The van der Waals surface area contributed by atoms with Gasteiger partial charge in [0, 0.05) is 25.6 Å². The minimum absolute atomic E-state index is 0.0446. The number of anilines is 1. The van der Waals surface area contributed by atoms with Crippen LogP contribution < -0.4 is 4.90 Å². The van der Waals surface area contributed by atoms with Crippen LogP contribution in [0.5, 0.6) is 0 Å². The van der Waals surface area contributed by atoms with E-state index in [-0.39, 0.29) is 16.7 Å². The Morgan fingerprint density at radius 2 is 2.23 bits per heavy atom. The molecule has 0 aliphatic rings. The first kappa shape index (κ1) is 16.4. The Morgan fingerprint density at radius 3 is 2.86 bits per heavy atom. The summed E-state index contributed by atoms with van der Waals surface area (Å²) in [6.07, 6.45) is -0.0446. The number of hydrogen-bond acceptors (Lipinski definition) is 6. The summed E-state index contributed by atoms with van der Waals surface area (Å²) in [5.74, 6) is 0. The smallest absolute Gasteiger partial charge is 0.292 e. The molecule has 7 heteroatoms. The number of aryl methyl sites for hydroxylation is 1. The van der Waals surface area contributed by atoms with Crippen LogP contribution >= 0.6 is 11.3 Å². The second kappa shape index (κ2) is 6.85. The minimum Gasteiger partial charge on any atom is -0.375 e. The maximum absolute atomic E-state index is 11.2. The number of nitro benzene ring substituents is 1. The normalized spacial score (nSPS) is 12.2. The second-order valence-corrected chi connectivity index (χ2v) is 6.00. The topological polar surface area (TPSA) is 68.5 Å². The molecule has 1 unspecified atom stereocenters. The predicted molar refractivity (Wildman–Crippen MR) is 87.5 cm³/mol. The molecule has 0 amide bonds. The maximum Gasteiger partial charge on any atom is 0.292 e. The highest BCUT2D eigenvalue weighted by Gasteiger charge is 2.20. The van der Waals surface area contributed by atoms with Crippen molar-refractivity contribution in [3.63, 3.8) is 0 Å². The first-order valence-corrected chi connectivity index (χ1v) is 7.74. The summed E-state index contributed by atoms with van der Waals surface area (Å²) in [6, 6.07) is 5.10. The van der Waals surface area contributed by atoms with E-state index in [1.54, 1.807) is 13.2 Å². The van der Waals surface area contributed by atoms with E-state index in [0.29, 0.717) is 12.2 Å². The van der Waals surface area contributed by atoms with Gasteiger partial charge in [0.25, 0.3) is 5.69 Å². The molecule has 1 atom stereocenters. The first-order chi connectivity index (χ1) is 10.4. The van der Waals surface area contributed by atoms with Gasteiger partial charge in [0.1, 0.15) is 16.8 Å². The SMILES string of the molecule is COC(C)c1nc(CN(C)c2c(C)cccc2[N+](=O)[O-])cs1. The third kappa shape index (κ3) is 3.42. The number of thiazole rings is 1. The van der Waals surface area contributed by atoms with E-state index >= 15 is 0 Å². The quantitative estimate of drug-likeness (QED) is 0.599. The van der Waals surface area contributed by atoms with Gasteiger partial charge < -0.3 is 9.64 Å². The zero-order valence-corrected chi connectivity index (χ0v) is 13.9. The number of hydrogen-bond donors (Lipinski definition) is 0. The van der Waals surface area contributed by atoms with Crippen LogP contribution in [0.15, 0.2) is 23.6 Å². The van der Waals surface area contributed by atoms with Gasteiger partial charge in [-0.25, -0.2) is 4.98 Å². The summed E-state index contributed by atoms with van der Waals surface area (Å²) in [7, 11) is 3.49. The molecule has 118 valence electrons. The number of aromatic nitrogens is 1. The van der Waals surface area contributed by atoms with Crippen LogP contribution in [0.25, 0.3) is 0 Å². The van der Waals surface area contributed by atoms with Crippen molar-refractivity contribution in [3.8, 4) is 0 Å². The van der Waals surface area contributed by atoms with Crippen LogP contribution in [0, 0.1) is 17.0 Å². The Balaban J connectivity index is 2.24. The molecule has 0 saturated carbocycles. The Labute approximate surface area is 133 Å². The molecule has 0 spiro atoms. The molecule has 1 aromatic carbocycles. The molecular formula is C15H19N3O3S. The molecular weight excluding hydrogens is 302 g/mol. The van der Waals surface area contributed by atoms with E-state index in [0.717, 1.165) is 16.3 Å². The van der Waals surface area contributed by atoms with E-state index in [1.807, 2.05) is 37.2 Å². The van der Waals surface area contributed by atoms with Crippen LogP contribution in [-0.4, -0.2) is 24.1 Å². The molecule has 0 aliphatic heterocycles. The monoisotopic (exact) mass is 321 g/mol. The Morgan fingerprint density at radius 1 is 1.50 bits per heavy atom. The van der Waals surface area contributed by atoms with Crippen molar-refractivity contribution in [3.05, 3.63) is 50.0 Å². The number of benzene rings is 1. The fraction of sp³-hybridized carbons (Fsp3) is 0.400. The molecule has 2 aromatic rings. The van der Waals surface area contributed by atoms with Crippen molar-refractivity contribution in [2.45, 2.75) is 26.5 Å². The van der Waals surface area contributed by atoms with Crippen LogP contribution in [0.2, 0.25) is 0 Å². The molecule has 0 fully saturated rings. The highest BCUT2D eigenvalue weighted by Crippen LogP contribution is 2.32. The average molecular weight is 321 g/mol. The van der Waals surface area contributed by atoms with Gasteiger partial charge in [0.15, 0.2) is 0 Å². The maximum atomic E-state index is 11.2. The third-order valence-corrected chi connectivity index (χ3v) is 4.52. The number of rotatable bonds is 6. The Hall–Kier alpha value is -1.99. The van der Waals surface area contributed by atoms with E-state index < -0.39 is 0 Å². The highest BCUT2D eigenvalue weighted by atomic mass is 32.1. The third-order valence-electron chi connectivity index (χ3n) is 3.46. The molecule has 2 rings (SSSR count). The second-order valence-electron chi connectivity index (χ2n) is 5.11. The molecule has 1 aromatic heterocycles. The number of methoxy groups -OCH3 is 1. The van der Waals surface area contributed by atoms with Gasteiger partial charge in [0.2, 0.25) is 0 Å². The average Bonchev–Trinajstić information content (AvgIpc) is 2.94. The van der Waals surface area contributed by atoms with Crippen LogP contribution in [-0.2, 0) is 11.3 Å². The number of ether oxygens (including phenoxy) is 1. The van der Waals surface area contributed by atoms with Gasteiger partial charge in [-0.15, -0.1) is 11.3 Å². The molecule has 0 aliphatic carbocycles. The number of para-hydroxylation sites is 1. The van der Waals surface area contributed by atoms with E-state index in [1.165, 1.54) is 17.4 Å². The molecule has 22 heavy (non-hydrogen) atoms. The van der Waals surface area contributed by atoms with Gasteiger partial charge in [-0.1, -0.05) is 12.1 Å². The highest BCUT2D eigenvalue weighted by molar-refractivity contribution is 7.09. The lowest BCUT2D eigenvalue weighted by Gasteiger charge is -2.20.